The molecule has 0 aliphatic heterocycles. The molecule has 0 aromatic heterocycles. The molecule has 118 valence electrons. The lowest BCUT2D eigenvalue weighted by Crippen LogP contribution is -2.10. The van der Waals surface area contributed by atoms with Gasteiger partial charge in [-0.1, -0.05) is 29.3 Å². The number of carbonyl (C=O) groups excluding carboxylic acids is 1. The number of nitrogens with zero attached hydrogens (tertiary/aromatic N) is 1. The van der Waals surface area contributed by atoms with Crippen LogP contribution in [0.5, 0.6) is 0 Å². The van der Waals surface area contributed by atoms with E-state index in [1.165, 1.54) is 30.3 Å². The number of fused-ring (bicyclic) bond motifs is 1. The monoisotopic (exact) mass is 351 g/mol. The zero-order chi connectivity index (χ0) is 16.6. The number of nitro groups is 1. The smallest absolute Gasteiger partial charge is 0.338 e. The van der Waals surface area contributed by atoms with Gasteiger partial charge in [0.2, 0.25) is 0 Å². The molecule has 0 N–H and O–H groups in total. The number of benzene rings is 2. The van der Waals surface area contributed by atoms with E-state index < -0.39 is 17.0 Å². The molecule has 5 nitrogen and oxygen atoms in total. The number of esters is 1. The van der Waals surface area contributed by atoms with E-state index in [1.807, 2.05) is 0 Å². The average molecular weight is 352 g/mol. The first kappa shape index (κ1) is 15.8. The highest BCUT2D eigenvalue weighted by Gasteiger charge is 2.28. The molecule has 2 aromatic rings. The van der Waals surface area contributed by atoms with Crippen LogP contribution in [0.2, 0.25) is 10.0 Å². The second-order valence-corrected chi connectivity index (χ2v) is 6.02. The van der Waals surface area contributed by atoms with Gasteiger partial charge in [-0.05, 0) is 36.6 Å². The summed E-state index contributed by atoms with van der Waals surface area (Å²) >= 11 is 11.7. The summed E-state index contributed by atoms with van der Waals surface area (Å²) in [6, 6.07) is 9.13. The molecule has 0 radical (unpaired) electrons. The predicted molar refractivity (Wildman–Crippen MR) is 86.0 cm³/mol. The van der Waals surface area contributed by atoms with Crippen molar-refractivity contribution >= 4 is 34.9 Å². The molecular weight excluding hydrogens is 341 g/mol. The van der Waals surface area contributed by atoms with Gasteiger partial charge in [-0.25, -0.2) is 4.79 Å². The lowest BCUT2D eigenvalue weighted by Gasteiger charge is -2.13. The van der Waals surface area contributed by atoms with Crippen LogP contribution in [-0.2, 0) is 11.2 Å². The zero-order valence-corrected chi connectivity index (χ0v) is 13.3. The number of halogens is 2. The standard InChI is InChI=1S/C16H11Cl2NO4/c17-13-5-2-10(7-14(13)18)16(20)23-15-6-3-9-1-4-11(19(21)22)8-12(9)15/h1-2,4-5,7-8,15H,3,6H2. The van der Waals surface area contributed by atoms with Crippen molar-refractivity contribution in [1.82, 2.24) is 0 Å². The van der Waals surface area contributed by atoms with Crippen molar-refractivity contribution in [1.29, 1.82) is 0 Å². The van der Waals surface area contributed by atoms with E-state index in [0.29, 0.717) is 29.0 Å². The molecule has 0 spiro atoms. The number of ether oxygens (including phenoxy) is 1. The van der Waals surface area contributed by atoms with Crippen LogP contribution in [0.3, 0.4) is 0 Å². The van der Waals surface area contributed by atoms with Gasteiger partial charge in [0.05, 0.1) is 20.5 Å². The van der Waals surface area contributed by atoms with Gasteiger partial charge >= 0.3 is 5.97 Å². The Hall–Kier alpha value is -2.11. The van der Waals surface area contributed by atoms with Gasteiger partial charge in [-0.15, -0.1) is 0 Å². The van der Waals surface area contributed by atoms with Crippen LogP contribution in [0.15, 0.2) is 36.4 Å². The molecule has 1 unspecified atom stereocenters. The molecule has 7 heteroatoms. The molecule has 0 saturated carbocycles. The van der Waals surface area contributed by atoms with Crippen LogP contribution in [0.1, 0.15) is 34.0 Å². The molecule has 0 bridgehead atoms. The van der Waals surface area contributed by atoms with Gasteiger partial charge in [0.25, 0.3) is 5.69 Å². The Morgan fingerprint density at radius 2 is 1.96 bits per heavy atom. The minimum Gasteiger partial charge on any atom is -0.454 e. The maximum atomic E-state index is 12.2. The minimum absolute atomic E-state index is 0.0127. The molecule has 3 rings (SSSR count). The Morgan fingerprint density at radius 1 is 1.17 bits per heavy atom. The van der Waals surface area contributed by atoms with E-state index in [1.54, 1.807) is 6.07 Å². The van der Waals surface area contributed by atoms with Gasteiger partial charge in [0.15, 0.2) is 0 Å². The molecule has 0 fully saturated rings. The number of aryl methyl sites for hydroxylation is 1. The summed E-state index contributed by atoms with van der Waals surface area (Å²) < 4.78 is 5.49. The summed E-state index contributed by atoms with van der Waals surface area (Å²) in [5.74, 6) is -0.534. The number of rotatable bonds is 3. The minimum atomic E-state index is -0.534. The number of non-ortho nitro benzene ring substituents is 1. The van der Waals surface area contributed by atoms with Crippen molar-refractivity contribution in [2.45, 2.75) is 18.9 Å². The molecule has 1 atom stereocenters. The Kier molecular flexibility index (Phi) is 4.24. The van der Waals surface area contributed by atoms with Crippen LogP contribution in [0.4, 0.5) is 5.69 Å². The first-order valence-corrected chi connectivity index (χ1v) is 7.64. The number of hydrogen-bond donors (Lipinski definition) is 0. The van der Waals surface area contributed by atoms with Gasteiger partial charge in [0.1, 0.15) is 6.10 Å². The maximum absolute atomic E-state index is 12.2. The normalized spacial score (nSPS) is 16.0. The van der Waals surface area contributed by atoms with Crippen molar-refractivity contribution in [3.8, 4) is 0 Å². The van der Waals surface area contributed by atoms with Crippen molar-refractivity contribution < 1.29 is 14.5 Å². The van der Waals surface area contributed by atoms with Crippen molar-refractivity contribution in [3.05, 3.63) is 73.2 Å². The van der Waals surface area contributed by atoms with E-state index in [9.17, 15) is 14.9 Å². The van der Waals surface area contributed by atoms with Crippen LogP contribution < -0.4 is 0 Å². The van der Waals surface area contributed by atoms with E-state index in [0.717, 1.165) is 5.56 Å². The average Bonchev–Trinajstić information content (AvgIpc) is 2.92. The summed E-state index contributed by atoms with van der Waals surface area (Å²) in [4.78, 5) is 22.7. The predicted octanol–water partition coefficient (Wildman–Crippen LogP) is 4.75. The highest BCUT2D eigenvalue weighted by molar-refractivity contribution is 6.42. The van der Waals surface area contributed by atoms with E-state index in [4.69, 9.17) is 27.9 Å². The summed E-state index contributed by atoms with van der Waals surface area (Å²) in [5, 5.41) is 11.5. The highest BCUT2D eigenvalue weighted by atomic mass is 35.5. The Balaban J connectivity index is 1.82. The third-order valence-corrected chi connectivity index (χ3v) is 4.51. The third-order valence-electron chi connectivity index (χ3n) is 3.77. The van der Waals surface area contributed by atoms with Crippen molar-refractivity contribution in [2.75, 3.05) is 0 Å². The molecule has 0 heterocycles. The van der Waals surface area contributed by atoms with Crippen molar-refractivity contribution in [3.63, 3.8) is 0 Å². The summed E-state index contributed by atoms with van der Waals surface area (Å²) in [6.07, 6.45) is 0.822. The molecule has 0 saturated heterocycles. The molecule has 1 aliphatic carbocycles. The topological polar surface area (TPSA) is 69.4 Å². The van der Waals surface area contributed by atoms with Gasteiger partial charge in [-0.2, -0.15) is 0 Å². The second kappa shape index (κ2) is 6.18. The van der Waals surface area contributed by atoms with E-state index >= 15 is 0 Å². The number of carbonyl (C=O) groups is 1. The fraction of sp³-hybridized carbons (Fsp3) is 0.188. The molecule has 1 aliphatic rings. The van der Waals surface area contributed by atoms with Crippen LogP contribution in [0, 0.1) is 10.1 Å². The molecule has 0 amide bonds. The quantitative estimate of drug-likeness (QED) is 0.454. The van der Waals surface area contributed by atoms with Gasteiger partial charge in [0, 0.05) is 17.7 Å². The number of nitro benzene ring substituents is 1. The fourth-order valence-corrected chi connectivity index (χ4v) is 2.91. The second-order valence-electron chi connectivity index (χ2n) is 5.20. The molecule has 2 aromatic carbocycles. The highest BCUT2D eigenvalue weighted by Crippen LogP contribution is 2.37. The summed E-state index contributed by atoms with van der Waals surface area (Å²) in [6.45, 7) is 0. The fourth-order valence-electron chi connectivity index (χ4n) is 2.61. The first-order valence-electron chi connectivity index (χ1n) is 6.89. The van der Waals surface area contributed by atoms with Crippen LogP contribution >= 0.6 is 23.2 Å². The lowest BCUT2D eigenvalue weighted by molar-refractivity contribution is -0.385. The van der Waals surface area contributed by atoms with Crippen LogP contribution in [-0.4, -0.2) is 10.9 Å². The van der Waals surface area contributed by atoms with Crippen LogP contribution in [0.25, 0.3) is 0 Å². The maximum Gasteiger partial charge on any atom is 0.338 e. The third kappa shape index (κ3) is 3.16. The summed E-state index contributed by atoms with van der Waals surface area (Å²) in [5.41, 5.74) is 1.93. The Bertz CT molecular complexity index is 807. The molecular formula is C16H11Cl2NO4. The zero-order valence-electron chi connectivity index (χ0n) is 11.8. The Morgan fingerprint density at radius 3 is 2.65 bits per heavy atom. The first-order chi connectivity index (χ1) is 11.0. The van der Waals surface area contributed by atoms with E-state index in [-0.39, 0.29) is 10.7 Å². The van der Waals surface area contributed by atoms with E-state index in [2.05, 4.69) is 0 Å². The molecule has 23 heavy (non-hydrogen) atoms. The van der Waals surface area contributed by atoms with Gasteiger partial charge < -0.3 is 4.74 Å². The largest absolute Gasteiger partial charge is 0.454 e. The van der Waals surface area contributed by atoms with Gasteiger partial charge in [-0.3, -0.25) is 10.1 Å². The summed E-state index contributed by atoms with van der Waals surface area (Å²) in [7, 11) is 0. The SMILES string of the molecule is O=C(OC1CCc2ccc([N+](=O)[O-])cc21)c1ccc(Cl)c(Cl)c1. The lowest BCUT2D eigenvalue weighted by atomic mass is 10.1. The Labute approximate surface area is 141 Å². The number of hydrogen-bond acceptors (Lipinski definition) is 4. The van der Waals surface area contributed by atoms with Crippen molar-refractivity contribution in [2.24, 2.45) is 0 Å².